The maximum Gasteiger partial charge on any atom is 0.320 e. The molecule has 0 spiro atoms. The molecule has 126 valence electrons. The zero-order chi connectivity index (χ0) is 16.2. The fourth-order valence-electron chi connectivity index (χ4n) is 3.49. The van der Waals surface area contributed by atoms with Gasteiger partial charge in [-0.25, -0.2) is 4.39 Å². The van der Waals surface area contributed by atoms with Crippen LogP contribution in [0.15, 0.2) is 12.1 Å². The number of benzene rings is 1. The number of fused-ring (bicyclic) bond motifs is 1. The van der Waals surface area contributed by atoms with E-state index in [0.717, 1.165) is 62.1 Å². The van der Waals surface area contributed by atoms with Crippen LogP contribution >= 0.6 is 0 Å². The van der Waals surface area contributed by atoms with E-state index in [4.69, 9.17) is 9.47 Å². The van der Waals surface area contributed by atoms with E-state index < -0.39 is 0 Å². The van der Waals surface area contributed by atoms with E-state index in [2.05, 4.69) is 4.90 Å². The van der Waals surface area contributed by atoms with Gasteiger partial charge in [0.15, 0.2) is 0 Å². The largest absolute Gasteiger partial charge is 0.490 e. The fraction of sp³-hybridized carbons (Fsp3) is 0.611. The minimum absolute atomic E-state index is 0.103. The van der Waals surface area contributed by atoms with Gasteiger partial charge >= 0.3 is 5.97 Å². The lowest BCUT2D eigenvalue weighted by Crippen LogP contribution is -2.41. The van der Waals surface area contributed by atoms with Gasteiger partial charge in [0, 0.05) is 18.7 Å². The molecule has 3 rings (SSSR count). The van der Waals surface area contributed by atoms with Crippen molar-refractivity contribution in [3.8, 4) is 5.75 Å². The second-order valence-electron chi connectivity index (χ2n) is 6.25. The summed E-state index contributed by atoms with van der Waals surface area (Å²) in [7, 11) is 0. The van der Waals surface area contributed by atoms with E-state index >= 15 is 0 Å². The molecule has 4 nitrogen and oxygen atoms in total. The molecule has 1 aromatic rings. The first kappa shape index (κ1) is 16.2. The second-order valence-corrected chi connectivity index (χ2v) is 6.25. The minimum Gasteiger partial charge on any atom is -0.490 e. The molecule has 0 bridgehead atoms. The van der Waals surface area contributed by atoms with Gasteiger partial charge in [0.25, 0.3) is 0 Å². The monoisotopic (exact) mass is 321 g/mol. The quantitative estimate of drug-likeness (QED) is 0.782. The van der Waals surface area contributed by atoms with Crippen molar-refractivity contribution in [1.29, 1.82) is 0 Å². The highest BCUT2D eigenvalue weighted by molar-refractivity contribution is 5.71. The Kier molecular flexibility index (Phi) is 5.16. The number of carbonyl (C=O) groups excluding carboxylic acids is 1. The van der Waals surface area contributed by atoms with Crippen LogP contribution in [-0.4, -0.2) is 43.2 Å². The Balaban J connectivity index is 1.54. The number of piperidine rings is 1. The normalized spacial score (nSPS) is 18.7. The lowest BCUT2D eigenvalue weighted by Gasteiger charge is -2.31. The molecular formula is C18H24FNO3. The zero-order valence-corrected chi connectivity index (χ0v) is 13.6. The number of esters is 1. The Morgan fingerprint density at radius 2 is 2.00 bits per heavy atom. The van der Waals surface area contributed by atoms with Gasteiger partial charge < -0.3 is 9.47 Å². The van der Waals surface area contributed by atoms with Crippen molar-refractivity contribution < 1.29 is 18.7 Å². The van der Waals surface area contributed by atoms with Crippen LogP contribution in [0.2, 0.25) is 0 Å². The van der Waals surface area contributed by atoms with E-state index in [-0.39, 0.29) is 17.9 Å². The Morgan fingerprint density at radius 1 is 1.26 bits per heavy atom. The predicted molar refractivity (Wildman–Crippen MR) is 85.1 cm³/mol. The molecule has 2 aliphatic rings. The van der Waals surface area contributed by atoms with E-state index in [1.165, 1.54) is 6.07 Å². The van der Waals surface area contributed by atoms with Gasteiger partial charge in [0.2, 0.25) is 0 Å². The molecule has 1 aliphatic carbocycles. The summed E-state index contributed by atoms with van der Waals surface area (Å²) in [6.45, 7) is 4.25. The molecule has 1 fully saturated rings. The number of nitrogens with zero attached hydrogens (tertiary/aromatic N) is 1. The van der Waals surface area contributed by atoms with Crippen molar-refractivity contribution in [2.45, 2.75) is 45.1 Å². The van der Waals surface area contributed by atoms with E-state index in [0.29, 0.717) is 13.2 Å². The van der Waals surface area contributed by atoms with Gasteiger partial charge in [-0.1, -0.05) is 0 Å². The number of likely N-dealkylation sites (tertiary alicyclic amines) is 1. The Hall–Kier alpha value is -1.62. The highest BCUT2D eigenvalue weighted by atomic mass is 19.1. The summed E-state index contributed by atoms with van der Waals surface area (Å²) in [6, 6.07) is 3.29. The van der Waals surface area contributed by atoms with Crippen LogP contribution in [0.25, 0.3) is 0 Å². The Bertz CT molecular complexity index is 568. The number of hydrogen-bond donors (Lipinski definition) is 0. The third kappa shape index (κ3) is 3.83. The molecule has 0 saturated carbocycles. The summed E-state index contributed by atoms with van der Waals surface area (Å²) in [6.07, 6.45) is 4.63. The average molecular weight is 321 g/mol. The topological polar surface area (TPSA) is 38.8 Å². The smallest absolute Gasteiger partial charge is 0.320 e. The molecule has 23 heavy (non-hydrogen) atoms. The van der Waals surface area contributed by atoms with Crippen molar-refractivity contribution in [2.75, 3.05) is 26.2 Å². The van der Waals surface area contributed by atoms with Crippen LogP contribution in [0.1, 0.15) is 37.3 Å². The fourth-order valence-corrected chi connectivity index (χ4v) is 3.49. The highest BCUT2D eigenvalue weighted by Gasteiger charge is 2.25. The number of carbonyl (C=O) groups is 1. The third-order valence-electron chi connectivity index (χ3n) is 4.67. The Morgan fingerprint density at radius 3 is 2.74 bits per heavy atom. The summed E-state index contributed by atoms with van der Waals surface area (Å²) in [5, 5.41) is 0. The zero-order valence-electron chi connectivity index (χ0n) is 13.6. The molecule has 0 aromatic heterocycles. The van der Waals surface area contributed by atoms with E-state index in [1.807, 2.05) is 6.92 Å². The SMILES string of the molecule is CCOC(=O)CN1CCC(Oc2ccc(F)c3c2CCC3)CC1. The molecule has 0 atom stereocenters. The maximum atomic E-state index is 13.8. The number of ether oxygens (including phenoxy) is 2. The first-order valence-electron chi connectivity index (χ1n) is 8.52. The van der Waals surface area contributed by atoms with Crippen molar-refractivity contribution in [3.63, 3.8) is 0 Å². The van der Waals surface area contributed by atoms with Crippen LogP contribution in [0, 0.1) is 5.82 Å². The lowest BCUT2D eigenvalue weighted by molar-refractivity contribution is -0.144. The first-order valence-corrected chi connectivity index (χ1v) is 8.52. The molecule has 1 aliphatic heterocycles. The molecule has 0 amide bonds. The van der Waals surface area contributed by atoms with Gasteiger partial charge in [-0.2, -0.15) is 0 Å². The number of hydrogen-bond acceptors (Lipinski definition) is 4. The molecule has 5 heteroatoms. The molecule has 0 unspecified atom stereocenters. The molecule has 1 aromatic carbocycles. The summed E-state index contributed by atoms with van der Waals surface area (Å²) in [5.41, 5.74) is 1.89. The van der Waals surface area contributed by atoms with Crippen LogP contribution in [0.3, 0.4) is 0 Å². The van der Waals surface area contributed by atoms with Crippen molar-refractivity contribution in [2.24, 2.45) is 0 Å². The van der Waals surface area contributed by atoms with E-state index in [1.54, 1.807) is 6.07 Å². The maximum absolute atomic E-state index is 13.8. The summed E-state index contributed by atoms with van der Waals surface area (Å²) in [4.78, 5) is 13.6. The molecule has 1 heterocycles. The number of halogens is 1. The molecular weight excluding hydrogens is 297 g/mol. The van der Waals surface area contributed by atoms with Crippen LogP contribution in [0.4, 0.5) is 4.39 Å². The van der Waals surface area contributed by atoms with Gasteiger partial charge in [0.05, 0.1) is 13.2 Å². The highest BCUT2D eigenvalue weighted by Crippen LogP contribution is 2.34. The first-order chi connectivity index (χ1) is 11.2. The van der Waals surface area contributed by atoms with Gasteiger partial charge in [-0.15, -0.1) is 0 Å². The summed E-state index contributed by atoms with van der Waals surface area (Å²) < 4.78 is 24.9. The molecule has 1 saturated heterocycles. The van der Waals surface area contributed by atoms with Gasteiger partial charge in [-0.05, 0) is 56.7 Å². The molecule has 0 N–H and O–H groups in total. The molecule has 0 radical (unpaired) electrons. The average Bonchev–Trinajstić information content (AvgIpc) is 3.03. The van der Waals surface area contributed by atoms with Gasteiger partial charge in [-0.3, -0.25) is 9.69 Å². The van der Waals surface area contributed by atoms with Crippen molar-refractivity contribution >= 4 is 5.97 Å². The van der Waals surface area contributed by atoms with Crippen molar-refractivity contribution in [1.82, 2.24) is 4.90 Å². The third-order valence-corrected chi connectivity index (χ3v) is 4.67. The van der Waals surface area contributed by atoms with Crippen LogP contribution in [-0.2, 0) is 22.4 Å². The second kappa shape index (κ2) is 7.30. The summed E-state index contributed by atoms with van der Waals surface area (Å²) >= 11 is 0. The predicted octanol–water partition coefficient (Wildman–Crippen LogP) is 2.72. The van der Waals surface area contributed by atoms with Crippen molar-refractivity contribution in [3.05, 3.63) is 29.1 Å². The standard InChI is InChI=1S/C18H24FNO3/c1-2-22-18(21)12-20-10-8-13(9-11-20)23-17-7-6-16(19)14-4-3-5-15(14)17/h6-7,13H,2-5,8-12H2,1H3. The minimum atomic E-state index is -0.164. The Labute approximate surface area is 136 Å². The van der Waals surface area contributed by atoms with Crippen LogP contribution in [0.5, 0.6) is 5.75 Å². The van der Waals surface area contributed by atoms with E-state index in [9.17, 15) is 9.18 Å². The lowest BCUT2D eigenvalue weighted by atomic mass is 10.1. The summed E-state index contributed by atoms with van der Waals surface area (Å²) in [5.74, 6) is 0.583. The van der Waals surface area contributed by atoms with Crippen LogP contribution < -0.4 is 4.74 Å². The number of rotatable bonds is 5. The van der Waals surface area contributed by atoms with Gasteiger partial charge in [0.1, 0.15) is 17.7 Å².